The van der Waals surface area contributed by atoms with Crippen molar-refractivity contribution < 1.29 is 4.39 Å². The maximum absolute atomic E-state index is 12.8. The van der Waals surface area contributed by atoms with Crippen molar-refractivity contribution in [2.45, 2.75) is 13.3 Å². The van der Waals surface area contributed by atoms with Gasteiger partial charge in [0.25, 0.3) is 0 Å². The van der Waals surface area contributed by atoms with Gasteiger partial charge in [0.2, 0.25) is 0 Å². The molecule has 0 radical (unpaired) electrons. The van der Waals surface area contributed by atoms with Crippen LogP contribution in [0.2, 0.25) is 0 Å². The van der Waals surface area contributed by atoms with Crippen LogP contribution in [-0.2, 0) is 0 Å². The van der Waals surface area contributed by atoms with Gasteiger partial charge in [0.15, 0.2) is 0 Å². The Morgan fingerprint density at radius 1 is 1.50 bits per heavy atom. The van der Waals surface area contributed by atoms with Crippen molar-refractivity contribution in [2.24, 2.45) is 11.7 Å². The van der Waals surface area contributed by atoms with Gasteiger partial charge in [-0.1, -0.05) is 13.0 Å². The predicted octanol–water partition coefficient (Wildman–Crippen LogP) is 2.22. The Morgan fingerprint density at radius 2 is 2.29 bits per heavy atom. The Morgan fingerprint density at radius 3 is 2.93 bits per heavy atom. The van der Waals surface area contributed by atoms with Crippen LogP contribution in [0.5, 0.6) is 0 Å². The Bertz CT molecular complexity index is 276. The van der Waals surface area contributed by atoms with E-state index in [4.69, 9.17) is 5.73 Å². The molecule has 0 heterocycles. The summed E-state index contributed by atoms with van der Waals surface area (Å²) in [6.07, 6.45) is 1.01. The molecule has 1 aromatic rings. The van der Waals surface area contributed by atoms with Crippen LogP contribution >= 0.6 is 0 Å². The van der Waals surface area contributed by atoms with Crippen LogP contribution in [0.1, 0.15) is 13.3 Å². The second-order valence-corrected chi connectivity index (χ2v) is 3.57. The Kier molecular flexibility index (Phi) is 4.40. The summed E-state index contributed by atoms with van der Waals surface area (Å²) in [5, 5.41) is 3.16. The maximum atomic E-state index is 12.8. The topological polar surface area (TPSA) is 38.0 Å². The van der Waals surface area contributed by atoms with Crippen molar-refractivity contribution in [1.82, 2.24) is 0 Å². The molecule has 1 rings (SSSR count). The second-order valence-electron chi connectivity index (χ2n) is 3.57. The highest BCUT2D eigenvalue weighted by molar-refractivity contribution is 5.42. The molecule has 1 aromatic carbocycles. The van der Waals surface area contributed by atoms with Gasteiger partial charge in [0.1, 0.15) is 5.82 Å². The molecule has 0 aromatic heterocycles. The fraction of sp³-hybridized carbons (Fsp3) is 0.455. The van der Waals surface area contributed by atoms with Gasteiger partial charge in [0, 0.05) is 12.2 Å². The van der Waals surface area contributed by atoms with Crippen LogP contribution in [0.3, 0.4) is 0 Å². The SMILES string of the molecule is CC(CN)CCNc1cccc(F)c1. The molecule has 3 N–H and O–H groups in total. The van der Waals surface area contributed by atoms with E-state index in [0.717, 1.165) is 18.7 Å². The van der Waals surface area contributed by atoms with Crippen LogP contribution in [-0.4, -0.2) is 13.1 Å². The summed E-state index contributed by atoms with van der Waals surface area (Å²) in [4.78, 5) is 0. The first kappa shape index (κ1) is 11.0. The predicted molar refractivity (Wildman–Crippen MR) is 57.7 cm³/mol. The molecule has 2 nitrogen and oxygen atoms in total. The summed E-state index contributed by atoms with van der Waals surface area (Å²) < 4.78 is 12.8. The Labute approximate surface area is 84.3 Å². The van der Waals surface area contributed by atoms with Gasteiger partial charge in [0.05, 0.1) is 0 Å². The monoisotopic (exact) mass is 196 g/mol. The van der Waals surface area contributed by atoms with Crippen LogP contribution in [0.4, 0.5) is 10.1 Å². The minimum absolute atomic E-state index is 0.207. The molecule has 0 aliphatic heterocycles. The van der Waals surface area contributed by atoms with Gasteiger partial charge in [-0.2, -0.15) is 0 Å². The average Bonchev–Trinajstić information content (AvgIpc) is 2.17. The molecule has 0 amide bonds. The number of nitrogens with one attached hydrogen (secondary N) is 1. The van der Waals surface area contributed by atoms with Gasteiger partial charge in [-0.25, -0.2) is 4.39 Å². The normalized spacial score (nSPS) is 12.5. The van der Waals surface area contributed by atoms with Gasteiger partial charge < -0.3 is 11.1 Å². The van der Waals surface area contributed by atoms with Crippen molar-refractivity contribution >= 4 is 5.69 Å². The van der Waals surface area contributed by atoms with E-state index in [-0.39, 0.29) is 5.82 Å². The molecule has 0 fully saturated rings. The number of anilines is 1. The van der Waals surface area contributed by atoms with Gasteiger partial charge in [-0.15, -0.1) is 0 Å². The van der Waals surface area contributed by atoms with Crippen molar-refractivity contribution in [3.05, 3.63) is 30.1 Å². The lowest BCUT2D eigenvalue weighted by molar-refractivity contribution is 0.561. The molecule has 1 atom stereocenters. The van der Waals surface area contributed by atoms with Crippen LogP contribution in [0.15, 0.2) is 24.3 Å². The van der Waals surface area contributed by atoms with E-state index < -0.39 is 0 Å². The third-order valence-corrected chi connectivity index (χ3v) is 2.19. The van der Waals surface area contributed by atoms with E-state index in [1.165, 1.54) is 12.1 Å². The standard InChI is InChI=1S/C11H17FN2/c1-9(8-13)5-6-14-11-4-2-3-10(12)7-11/h2-4,7,9,14H,5-6,8,13H2,1H3. The number of hydrogen-bond acceptors (Lipinski definition) is 2. The summed E-state index contributed by atoms with van der Waals surface area (Å²) in [6.45, 7) is 3.64. The molecule has 3 heteroatoms. The number of nitrogens with two attached hydrogens (primary N) is 1. The van der Waals surface area contributed by atoms with E-state index in [2.05, 4.69) is 12.2 Å². The lowest BCUT2D eigenvalue weighted by Crippen LogP contribution is -2.14. The first-order valence-electron chi connectivity index (χ1n) is 4.92. The number of rotatable bonds is 5. The fourth-order valence-electron chi connectivity index (χ4n) is 1.18. The zero-order valence-electron chi connectivity index (χ0n) is 8.46. The molecule has 0 saturated carbocycles. The van der Waals surface area contributed by atoms with E-state index in [1.807, 2.05) is 6.07 Å². The summed E-state index contributed by atoms with van der Waals surface area (Å²) in [6, 6.07) is 6.49. The number of benzene rings is 1. The first-order valence-corrected chi connectivity index (χ1v) is 4.92. The summed E-state index contributed by atoms with van der Waals surface area (Å²) >= 11 is 0. The van der Waals surface area contributed by atoms with Crippen molar-refractivity contribution in [1.29, 1.82) is 0 Å². The Hall–Kier alpha value is -1.09. The fourth-order valence-corrected chi connectivity index (χ4v) is 1.18. The van der Waals surface area contributed by atoms with E-state index in [0.29, 0.717) is 12.5 Å². The third-order valence-electron chi connectivity index (χ3n) is 2.19. The smallest absolute Gasteiger partial charge is 0.125 e. The Balaban J connectivity index is 2.31. The summed E-state index contributed by atoms with van der Waals surface area (Å²) in [5.41, 5.74) is 6.32. The lowest BCUT2D eigenvalue weighted by atomic mass is 10.1. The molecule has 78 valence electrons. The summed E-state index contributed by atoms with van der Waals surface area (Å²) in [7, 11) is 0. The third kappa shape index (κ3) is 3.75. The zero-order valence-corrected chi connectivity index (χ0v) is 8.46. The van der Waals surface area contributed by atoms with Crippen LogP contribution < -0.4 is 11.1 Å². The van der Waals surface area contributed by atoms with Crippen molar-refractivity contribution in [3.8, 4) is 0 Å². The molecular weight excluding hydrogens is 179 g/mol. The molecule has 0 spiro atoms. The molecule has 0 saturated heterocycles. The molecular formula is C11H17FN2. The minimum Gasteiger partial charge on any atom is -0.385 e. The van der Waals surface area contributed by atoms with E-state index >= 15 is 0 Å². The lowest BCUT2D eigenvalue weighted by Gasteiger charge is -2.10. The van der Waals surface area contributed by atoms with Crippen molar-refractivity contribution in [2.75, 3.05) is 18.4 Å². The molecule has 0 aliphatic rings. The first-order chi connectivity index (χ1) is 6.72. The highest BCUT2D eigenvalue weighted by atomic mass is 19.1. The molecule has 0 bridgehead atoms. The average molecular weight is 196 g/mol. The minimum atomic E-state index is -0.207. The van der Waals surface area contributed by atoms with Crippen LogP contribution in [0.25, 0.3) is 0 Å². The quantitative estimate of drug-likeness (QED) is 0.757. The highest BCUT2D eigenvalue weighted by Crippen LogP contribution is 2.09. The largest absolute Gasteiger partial charge is 0.385 e. The highest BCUT2D eigenvalue weighted by Gasteiger charge is 1.98. The van der Waals surface area contributed by atoms with E-state index in [1.54, 1.807) is 6.07 Å². The van der Waals surface area contributed by atoms with E-state index in [9.17, 15) is 4.39 Å². The number of halogens is 1. The van der Waals surface area contributed by atoms with Crippen LogP contribution in [0, 0.1) is 11.7 Å². The molecule has 1 unspecified atom stereocenters. The zero-order chi connectivity index (χ0) is 10.4. The maximum Gasteiger partial charge on any atom is 0.125 e. The van der Waals surface area contributed by atoms with Gasteiger partial charge in [-0.3, -0.25) is 0 Å². The second kappa shape index (κ2) is 5.60. The molecule has 0 aliphatic carbocycles. The van der Waals surface area contributed by atoms with Gasteiger partial charge >= 0.3 is 0 Å². The van der Waals surface area contributed by atoms with Crippen molar-refractivity contribution in [3.63, 3.8) is 0 Å². The summed E-state index contributed by atoms with van der Waals surface area (Å²) in [5.74, 6) is 0.304. The molecule has 14 heavy (non-hydrogen) atoms. The van der Waals surface area contributed by atoms with Gasteiger partial charge in [-0.05, 0) is 37.1 Å². The number of hydrogen-bond donors (Lipinski definition) is 2.